The second kappa shape index (κ2) is 11.1. The first-order chi connectivity index (χ1) is 13.3. The molecule has 1 amide bonds. The number of fused-ring (bicyclic) bond motifs is 1. The normalized spacial score (nSPS) is 15.9. The van der Waals surface area contributed by atoms with Gasteiger partial charge in [0.05, 0.1) is 18.3 Å². The minimum Gasteiger partial charge on any atom is -0.352 e. The molecule has 1 unspecified atom stereocenters. The lowest BCUT2D eigenvalue weighted by Crippen LogP contribution is -2.33. The monoisotopic (exact) mass is 435 g/mol. The highest BCUT2D eigenvalue weighted by atomic mass is 35.5. The second-order valence-electron chi connectivity index (χ2n) is 7.18. The molecule has 3 aromatic rings. The van der Waals surface area contributed by atoms with Gasteiger partial charge in [0.15, 0.2) is 5.65 Å². The van der Waals surface area contributed by atoms with E-state index in [-0.39, 0.29) is 30.7 Å². The highest BCUT2D eigenvalue weighted by Crippen LogP contribution is 2.15. The molecule has 0 aliphatic carbocycles. The first-order valence-corrected chi connectivity index (χ1v) is 9.64. The largest absolute Gasteiger partial charge is 0.352 e. The Morgan fingerprint density at radius 1 is 1.21 bits per heavy atom. The maximum Gasteiger partial charge on any atom is 0.252 e. The summed E-state index contributed by atoms with van der Waals surface area (Å²) in [6.07, 6.45) is 6.91. The summed E-state index contributed by atoms with van der Waals surface area (Å²) in [5.74, 6) is 0.597. The zero-order valence-corrected chi connectivity index (χ0v) is 17.8. The van der Waals surface area contributed by atoms with Crippen LogP contribution in [0.4, 0.5) is 0 Å². The zero-order valence-electron chi connectivity index (χ0n) is 16.2. The van der Waals surface area contributed by atoms with Gasteiger partial charge in [-0.1, -0.05) is 30.3 Å². The van der Waals surface area contributed by atoms with Crippen molar-refractivity contribution < 1.29 is 4.79 Å². The van der Waals surface area contributed by atoms with Crippen molar-refractivity contribution in [3.05, 3.63) is 59.9 Å². The van der Waals surface area contributed by atoms with Crippen LogP contribution in [-0.2, 0) is 6.54 Å². The fraction of sp³-hybridized carbons (Fsp3) is 0.381. The molecule has 1 saturated heterocycles. The Balaban J connectivity index is 0.00000150. The molecular formula is C21H27Cl2N5O. The van der Waals surface area contributed by atoms with Crippen molar-refractivity contribution in [2.24, 2.45) is 5.92 Å². The van der Waals surface area contributed by atoms with Gasteiger partial charge in [-0.15, -0.1) is 24.8 Å². The Bertz CT molecular complexity index is 910. The summed E-state index contributed by atoms with van der Waals surface area (Å²) < 4.78 is 1.86. The molecule has 6 nitrogen and oxygen atoms in total. The van der Waals surface area contributed by atoms with Crippen molar-refractivity contribution in [3.8, 4) is 0 Å². The van der Waals surface area contributed by atoms with E-state index in [0.29, 0.717) is 24.6 Å². The van der Waals surface area contributed by atoms with Crippen molar-refractivity contribution in [3.63, 3.8) is 0 Å². The topological polar surface area (TPSA) is 71.8 Å². The first kappa shape index (κ1) is 23.1. The lowest BCUT2D eigenvalue weighted by Gasteiger charge is -2.22. The third-order valence-corrected chi connectivity index (χ3v) is 5.15. The molecule has 156 valence electrons. The smallest absolute Gasteiger partial charge is 0.252 e. The van der Waals surface area contributed by atoms with Gasteiger partial charge in [-0.3, -0.25) is 4.79 Å². The van der Waals surface area contributed by atoms with Crippen molar-refractivity contribution in [1.82, 2.24) is 25.4 Å². The van der Waals surface area contributed by atoms with Gasteiger partial charge in [0.25, 0.3) is 5.91 Å². The molecule has 1 aliphatic rings. The van der Waals surface area contributed by atoms with Gasteiger partial charge in [0.1, 0.15) is 0 Å². The fourth-order valence-electron chi connectivity index (χ4n) is 3.63. The number of pyridine rings is 1. The van der Waals surface area contributed by atoms with Crippen LogP contribution >= 0.6 is 24.8 Å². The van der Waals surface area contributed by atoms with Crippen LogP contribution in [0.5, 0.6) is 0 Å². The maximum absolute atomic E-state index is 12.4. The number of aromatic nitrogens is 3. The number of amides is 1. The van der Waals surface area contributed by atoms with E-state index in [1.807, 2.05) is 28.9 Å². The van der Waals surface area contributed by atoms with Crippen LogP contribution in [0.15, 0.2) is 48.8 Å². The summed E-state index contributed by atoms with van der Waals surface area (Å²) in [7, 11) is 0. The van der Waals surface area contributed by atoms with E-state index >= 15 is 0 Å². The number of piperidine rings is 1. The highest BCUT2D eigenvalue weighted by Gasteiger charge is 2.14. The van der Waals surface area contributed by atoms with Gasteiger partial charge in [0.2, 0.25) is 0 Å². The Hall–Kier alpha value is -2.15. The van der Waals surface area contributed by atoms with Crippen LogP contribution in [0, 0.1) is 5.92 Å². The predicted molar refractivity (Wildman–Crippen MR) is 120 cm³/mol. The molecular weight excluding hydrogens is 409 g/mol. The number of rotatable bonds is 6. The molecule has 4 rings (SSSR count). The number of benzene rings is 1. The molecule has 3 heterocycles. The molecule has 1 aliphatic heterocycles. The van der Waals surface area contributed by atoms with E-state index in [9.17, 15) is 4.79 Å². The molecule has 2 N–H and O–H groups in total. The molecule has 0 spiro atoms. The summed E-state index contributed by atoms with van der Waals surface area (Å²) in [5, 5.41) is 11.8. The van der Waals surface area contributed by atoms with Crippen LogP contribution < -0.4 is 10.6 Å². The van der Waals surface area contributed by atoms with Crippen LogP contribution in [0.3, 0.4) is 0 Å². The number of carbonyl (C=O) groups excluding carboxylic acids is 1. The molecule has 1 atom stereocenters. The summed E-state index contributed by atoms with van der Waals surface area (Å²) in [5.41, 5.74) is 2.55. The minimum absolute atomic E-state index is 0. The fourth-order valence-corrected chi connectivity index (χ4v) is 3.63. The molecule has 1 fully saturated rings. The van der Waals surface area contributed by atoms with Gasteiger partial charge >= 0.3 is 0 Å². The summed E-state index contributed by atoms with van der Waals surface area (Å²) >= 11 is 0. The minimum atomic E-state index is -0.0658. The summed E-state index contributed by atoms with van der Waals surface area (Å²) in [6, 6.07) is 12.0. The lowest BCUT2D eigenvalue weighted by atomic mass is 9.96. The van der Waals surface area contributed by atoms with Gasteiger partial charge < -0.3 is 10.6 Å². The van der Waals surface area contributed by atoms with Crippen molar-refractivity contribution in [2.45, 2.75) is 25.8 Å². The van der Waals surface area contributed by atoms with Gasteiger partial charge in [-0.2, -0.15) is 5.10 Å². The Morgan fingerprint density at radius 3 is 2.79 bits per heavy atom. The van der Waals surface area contributed by atoms with Crippen molar-refractivity contribution >= 4 is 41.8 Å². The quantitative estimate of drug-likeness (QED) is 0.621. The molecule has 0 bridgehead atoms. The van der Waals surface area contributed by atoms with E-state index < -0.39 is 0 Å². The van der Waals surface area contributed by atoms with Crippen molar-refractivity contribution in [2.75, 3.05) is 19.6 Å². The van der Waals surface area contributed by atoms with E-state index in [2.05, 4.69) is 32.8 Å². The SMILES string of the molecule is Cl.Cl.O=C(NCCC1CCCNC1)c1cnc2c(cnn2Cc2ccccc2)c1. The Morgan fingerprint density at radius 2 is 2.03 bits per heavy atom. The van der Waals surface area contributed by atoms with Crippen LogP contribution in [0.2, 0.25) is 0 Å². The average Bonchev–Trinajstić information content (AvgIpc) is 3.11. The van der Waals surface area contributed by atoms with E-state index in [1.165, 1.54) is 18.4 Å². The number of nitrogens with one attached hydrogen (secondary N) is 2. The predicted octanol–water partition coefficient (Wildman–Crippen LogP) is 3.44. The van der Waals surface area contributed by atoms with E-state index in [4.69, 9.17) is 0 Å². The molecule has 0 saturated carbocycles. The molecule has 8 heteroatoms. The average molecular weight is 436 g/mol. The third kappa shape index (κ3) is 5.92. The lowest BCUT2D eigenvalue weighted by molar-refractivity contribution is 0.0950. The Labute approximate surface area is 183 Å². The van der Waals surface area contributed by atoms with Gasteiger partial charge in [-0.25, -0.2) is 9.67 Å². The molecule has 0 radical (unpaired) electrons. The van der Waals surface area contributed by atoms with Crippen LogP contribution in [0.25, 0.3) is 11.0 Å². The molecule has 1 aromatic carbocycles. The van der Waals surface area contributed by atoms with E-state index in [0.717, 1.165) is 30.5 Å². The zero-order chi connectivity index (χ0) is 18.5. The number of nitrogens with zero attached hydrogens (tertiary/aromatic N) is 3. The highest BCUT2D eigenvalue weighted by molar-refractivity contribution is 5.96. The number of halogens is 2. The van der Waals surface area contributed by atoms with Gasteiger partial charge in [-0.05, 0) is 49.9 Å². The number of carbonyl (C=O) groups is 1. The second-order valence-corrected chi connectivity index (χ2v) is 7.18. The van der Waals surface area contributed by atoms with Crippen LogP contribution in [-0.4, -0.2) is 40.3 Å². The van der Waals surface area contributed by atoms with Crippen LogP contribution in [0.1, 0.15) is 35.2 Å². The van der Waals surface area contributed by atoms with E-state index in [1.54, 1.807) is 12.4 Å². The Kier molecular flexibility index (Phi) is 8.89. The summed E-state index contributed by atoms with van der Waals surface area (Å²) in [4.78, 5) is 16.9. The van der Waals surface area contributed by atoms with Crippen molar-refractivity contribution in [1.29, 1.82) is 0 Å². The molecule has 29 heavy (non-hydrogen) atoms. The number of hydrogen-bond acceptors (Lipinski definition) is 4. The number of hydrogen-bond donors (Lipinski definition) is 2. The van der Waals surface area contributed by atoms with Gasteiger partial charge in [0, 0.05) is 18.1 Å². The first-order valence-electron chi connectivity index (χ1n) is 9.64. The summed E-state index contributed by atoms with van der Waals surface area (Å²) in [6.45, 7) is 3.55. The maximum atomic E-state index is 12.4. The molecule has 2 aromatic heterocycles. The third-order valence-electron chi connectivity index (χ3n) is 5.15. The standard InChI is InChI=1S/C21H25N5O.2ClH/c27-21(23-10-8-16-7-4-9-22-12-16)19-11-18-14-25-26(20(18)24-13-19)15-17-5-2-1-3-6-17;;/h1-3,5-6,11,13-14,16,22H,4,7-10,12,15H2,(H,23,27);2*1H.